The third-order valence-corrected chi connectivity index (χ3v) is 4.58. The van der Waals surface area contributed by atoms with Crippen LogP contribution in [0.15, 0.2) is 60.7 Å². The number of likely N-dealkylation sites (N-methyl/N-ethyl adjacent to an activating group) is 1. The topological polar surface area (TPSA) is 55.8 Å². The molecule has 0 unspecified atom stereocenters. The van der Waals surface area contributed by atoms with Crippen LogP contribution in [-0.4, -0.2) is 37.4 Å². The molecule has 0 fully saturated rings. The summed E-state index contributed by atoms with van der Waals surface area (Å²) in [5.41, 5.74) is 1.66. The normalized spacial score (nSPS) is 10.5. The Labute approximate surface area is 164 Å². The van der Waals surface area contributed by atoms with Gasteiger partial charge in [0.1, 0.15) is 11.5 Å². The standard InChI is InChI=1S/C23H23NO4/c1-16(25)18-6-9-21(10-7-18)28-15-23(26)24(2)14-17-4-5-20-13-22(27-3)11-8-19(20)12-17/h4-13H,14-15H2,1-3H3. The van der Waals surface area contributed by atoms with Crippen molar-refractivity contribution in [2.24, 2.45) is 0 Å². The fraction of sp³-hybridized carbons (Fsp3) is 0.217. The second-order valence-corrected chi connectivity index (χ2v) is 6.67. The van der Waals surface area contributed by atoms with Gasteiger partial charge in [0.05, 0.1) is 7.11 Å². The molecule has 0 aliphatic rings. The average Bonchev–Trinajstić information content (AvgIpc) is 2.71. The molecule has 3 rings (SSSR count). The van der Waals surface area contributed by atoms with Crippen molar-refractivity contribution in [3.05, 3.63) is 71.8 Å². The number of carbonyl (C=O) groups is 2. The predicted octanol–water partition coefficient (Wildman–Crippen LogP) is 4.09. The lowest BCUT2D eigenvalue weighted by molar-refractivity contribution is -0.132. The van der Waals surface area contributed by atoms with Crippen molar-refractivity contribution in [2.45, 2.75) is 13.5 Å². The molecule has 3 aromatic rings. The molecule has 5 heteroatoms. The second-order valence-electron chi connectivity index (χ2n) is 6.67. The number of carbonyl (C=O) groups excluding carboxylic acids is 2. The number of hydrogen-bond donors (Lipinski definition) is 0. The number of methoxy groups -OCH3 is 1. The SMILES string of the molecule is COc1ccc2cc(CN(C)C(=O)COc3ccc(C(C)=O)cc3)ccc2c1. The monoisotopic (exact) mass is 377 g/mol. The molecule has 28 heavy (non-hydrogen) atoms. The van der Waals surface area contributed by atoms with Crippen molar-refractivity contribution in [2.75, 3.05) is 20.8 Å². The molecular weight excluding hydrogens is 354 g/mol. The van der Waals surface area contributed by atoms with Gasteiger partial charge in [-0.1, -0.05) is 18.2 Å². The smallest absolute Gasteiger partial charge is 0.260 e. The van der Waals surface area contributed by atoms with Gasteiger partial charge in [-0.25, -0.2) is 0 Å². The lowest BCUT2D eigenvalue weighted by atomic mass is 10.1. The van der Waals surface area contributed by atoms with Gasteiger partial charge in [0.25, 0.3) is 5.91 Å². The maximum absolute atomic E-state index is 12.4. The third kappa shape index (κ3) is 4.68. The molecule has 0 aromatic heterocycles. The van der Waals surface area contributed by atoms with Crippen LogP contribution in [0.2, 0.25) is 0 Å². The molecule has 0 aliphatic carbocycles. The van der Waals surface area contributed by atoms with Crippen LogP contribution in [0.1, 0.15) is 22.8 Å². The first-order valence-corrected chi connectivity index (χ1v) is 9.01. The number of ether oxygens (including phenoxy) is 2. The Bertz CT molecular complexity index is 995. The Morgan fingerprint density at radius 2 is 1.54 bits per heavy atom. The molecule has 144 valence electrons. The molecule has 0 heterocycles. The Morgan fingerprint density at radius 1 is 0.893 bits per heavy atom. The molecule has 0 saturated carbocycles. The summed E-state index contributed by atoms with van der Waals surface area (Å²) in [5, 5.41) is 2.19. The molecule has 3 aromatic carbocycles. The van der Waals surface area contributed by atoms with E-state index in [2.05, 4.69) is 6.07 Å². The fourth-order valence-corrected chi connectivity index (χ4v) is 2.90. The van der Waals surface area contributed by atoms with E-state index in [0.29, 0.717) is 17.9 Å². The summed E-state index contributed by atoms with van der Waals surface area (Å²) in [7, 11) is 3.40. The highest BCUT2D eigenvalue weighted by Gasteiger charge is 2.11. The number of Topliss-reactive ketones (excluding diaryl/α,β-unsaturated/α-hetero) is 1. The molecule has 0 atom stereocenters. The van der Waals surface area contributed by atoms with E-state index >= 15 is 0 Å². The van der Waals surface area contributed by atoms with Gasteiger partial charge in [0, 0.05) is 19.2 Å². The van der Waals surface area contributed by atoms with Crippen molar-refractivity contribution in [1.29, 1.82) is 0 Å². The van der Waals surface area contributed by atoms with Crippen LogP contribution in [-0.2, 0) is 11.3 Å². The van der Waals surface area contributed by atoms with Crippen LogP contribution in [0, 0.1) is 0 Å². The van der Waals surface area contributed by atoms with Gasteiger partial charge < -0.3 is 14.4 Å². The van der Waals surface area contributed by atoms with Gasteiger partial charge in [-0.3, -0.25) is 9.59 Å². The predicted molar refractivity (Wildman–Crippen MR) is 109 cm³/mol. The molecule has 0 aliphatic heterocycles. The van der Waals surface area contributed by atoms with Gasteiger partial charge >= 0.3 is 0 Å². The second kappa shape index (κ2) is 8.57. The van der Waals surface area contributed by atoms with Crippen molar-refractivity contribution < 1.29 is 19.1 Å². The van der Waals surface area contributed by atoms with Gasteiger partial charge in [0.15, 0.2) is 12.4 Å². The lowest BCUT2D eigenvalue weighted by Crippen LogP contribution is -2.30. The largest absolute Gasteiger partial charge is 0.497 e. The quantitative estimate of drug-likeness (QED) is 0.582. The summed E-state index contributed by atoms with van der Waals surface area (Å²) in [4.78, 5) is 25.3. The first-order valence-electron chi connectivity index (χ1n) is 9.01. The minimum atomic E-state index is -0.120. The molecular formula is C23H23NO4. The Morgan fingerprint density at radius 3 is 2.21 bits per heavy atom. The van der Waals surface area contributed by atoms with Crippen LogP contribution in [0.25, 0.3) is 10.8 Å². The molecule has 0 radical (unpaired) electrons. The number of ketones is 1. The van der Waals surface area contributed by atoms with Crippen molar-refractivity contribution in [3.63, 3.8) is 0 Å². The Hall–Kier alpha value is -3.34. The highest BCUT2D eigenvalue weighted by atomic mass is 16.5. The van der Waals surface area contributed by atoms with E-state index in [-0.39, 0.29) is 18.3 Å². The molecule has 0 saturated heterocycles. The molecule has 0 bridgehead atoms. The van der Waals surface area contributed by atoms with Gasteiger partial charge in [-0.15, -0.1) is 0 Å². The van der Waals surface area contributed by atoms with Crippen LogP contribution < -0.4 is 9.47 Å². The summed E-state index contributed by atoms with van der Waals surface area (Å²) in [6.45, 7) is 1.95. The lowest BCUT2D eigenvalue weighted by Gasteiger charge is -2.18. The number of benzene rings is 3. The number of rotatable bonds is 7. The highest BCUT2D eigenvalue weighted by Crippen LogP contribution is 2.22. The van der Waals surface area contributed by atoms with E-state index in [1.54, 1.807) is 43.3 Å². The van der Waals surface area contributed by atoms with E-state index in [0.717, 1.165) is 22.1 Å². The van der Waals surface area contributed by atoms with E-state index < -0.39 is 0 Å². The van der Waals surface area contributed by atoms with E-state index in [9.17, 15) is 9.59 Å². The van der Waals surface area contributed by atoms with Crippen LogP contribution >= 0.6 is 0 Å². The summed E-state index contributed by atoms with van der Waals surface area (Å²) >= 11 is 0. The fourth-order valence-electron chi connectivity index (χ4n) is 2.90. The zero-order valence-corrected chi connectivity index (χ0v) is 16.3. The van der Waals surface area contributed by atoms with Crippen LogP contribution in [0.3, 0.4) is 0 Å². The number of amides is 1. The zero-order chi connectivity index (χ0) is 20.1. The minimum absolute atomic E-state index is 0.00353. The maximum Gasteiger partial charge on any atom is 0.260 e. The number of hydrogen-bond acceptors (Lipinski definition) is 4. The zero-order valence-electron chi connectivity index (χ0n) is 16.3. The first-order chi connectivity index (χ1) is 13.5. The molecule has 0 spiro atoms. The van der Waals surface area contributed by atoms with E-state index in [4.69, 9.17) is 9.47 Å². The summed E-state index contributed by atoms with van der Waals surface area (Å²) < 4.78 is 10.8. The van der Waals surface area contributed by atoms with Crippen molar-refractivity contribution in [3.8, 4) is 11.5 Å². The number of fused-ring (bicyclic) bond motifs is 1. The Balaban J connectivity index is 1.59. The highest BCUT2D eigenvalue weighted by molar-refractivity contribution is 5.94. The van der Waals surface area contributed by atoms with Gasteiger partial charge in [-0.05, 0) is 65.7 Å². The van der Waals surface area contributed by atoms with Crippen molar-refractivity contribution >= 4 is 22.5 Å². The average molecular weight is 377 g/mol. The van der Waals surface area contributed by atoms with Crippen LogP contribution in [0.4, 0.5) is 0 Å². The molecule has 1 amide bonds. The van der Waals surface area contributed by atoms with Crippen LogP contribution in [0.5, 0.6) is 11.5 Å². The Kier molecular flexibility index (Phi) is 5.94. The molecule has 0 N–H and O–H groups in total. The third-order valence-electron chi connectivity index (χ3n) is 4.58. The van der Waals surface area contributed by atoms with E-state index in [1.165, 1.54) is 6.92 Å². The minimum Gasteiger partial charge on any atom is -0.497 e. The summed E-state index contributed by atoms with van der Waals surface area (Å²) in [6.07, 6.45) is 0. The summed E-state index contributed by atoms with van der Waals surface area (Å²) in [6, 6.07) is 18.8. The van der Waals surface area contributed by atoms with Crippen molar-refractivity contribution in [1.82, 2.24) is 4.90 Å². The van der Waals surface area contributed by atoms with Gasteiger partial charge in [-0.2, -0.15) is 0 Å². The van der Waals surface area contributed by atoms with E-state index in [1.807, 2.05) is 30.3 Å². The number of nitrogens with zero attached hydrogens (tertiary/aromatic N) is 1. The maximum atomic E-state index is 12.4. The summed E-state index contributed by atoms with van der Waals surface area (Å²) in [5.74, 6) is 1.26. The first kappa shape index (κ1) is 19.4. The molecule has 5 nitrogen and oxygen atoms in total. The van der Waals surface area contributed by atoms with Gasteiger partial charge in [0.2, 0.25) is 0 Å².